The number of alkyl halides is 3. The van der Waals surface area contributed by atoms with Gasteiger partial charge >= 0.3 is 12.1 Å². The van der Waals surface area contributed by atoms with Crippen LogP contribution in [0.5, 0.6) is 0 Å². The third kappa shape index (κ3) is 2.29. The second-order valence-electron chi connectivity index (χ2n) is 3.05. The topological polar surface area (TPSA) is 24.8 Å². The molecule has 0 atom stereocenters. The molecule has 0 aromatic heterocycles. The molecule has 0 saturated heterocycles. The van der Waals surface area contributed by atoms with Crippen LogP contribution in [0, 0.1) is 0 Å². The molecular formula is C9H6BrF3N2O. The van der Waals surface area contributed by atoms with E-state index < -0.39 is 12.1 Å². The normalized spacial score (nSPS) is 16.0. The maximum absolute atomic E-state index is 12.2. The van der Waals surface area contributed by atoms with E-state index in [1.54, 1.807) is 24.3 Å². The summed E-state index contributed by atoms with van der Waals surface area (Å²) < 4.78 is 42.0. The van der Waals surface area contributed by atoms with Crippen molar-refractivity contribution in [1.82, 2.24) is 0 Å². The van der Waals surface area contributed by atoms with Crippen molar-refractivity contribution in [1.29, 1.82) is 0 Å². The number of benzene rings is 1. The van der Waals surface area contributed by atoms with Crippen LogP contribution in [0.3, 0.4) is 0 Å². The van der Waals surface area contributed by atoms with Gasteiger partial charge in [0.05, 0.1) is 5.69 Å². The number of hydrazone groups is 1. The van der Waals surface area contributed by atoms with E-state index in [0.717, 1.165) is 9.48 Å². The van der Waals surface area contributed by atoms with Crippen molar-refractivity contribution < 1.29 is 17.9 Å². The van der Waals surface area contributed by atoms with E-state index >= 15 is 0 Å². The fourth-order valence-electron chi connectivity index (χ4n) is 1.17. The summed E-state index contributed by atoms with van der Waals surface area (Å²) >= 11 is 3.23. The maximum atomic E-state index is 12.2. The molecule has 0 unspecified atom stereocenters. The summed E-state index contributed by atoms with van der Waals surface area (Å²) in [6.45, 7) is -0.226. The Balaban J connectivity index is 2.20. The van der Waals surface area contributed by atoms with Crippen LogP contribution in [0.2, 0.25) is 0 Å². The van der Waals surface area contributed by atoms with Crippen LogP contribution < -0.4 is 5.01 Å². The van der Waals surface area contributed by atoms with E-state index in [-0.39, 0.29) is 6.73 Å². The quantitative estimate of drug-likeness (QED) is 0.795. The molecule has 1 heterocycles. The molecule has 1 aromatic carbocycles. The zero-order valence-corrected chi connectivity index (χ0v) is 9.42. The van der Waals surface area contributed by atoms with Crippen LogP contribution in [0.15, 0.2) is 33.8 Å². The highest BCUT2D eigenvalue weighted by atomic mass is 79.9. The maximum Gasteiger partial charge on any atom is 0.470 e. The predicted octanol–water partition coefficient (Wildman–Crippen LogP) is 3.12. The SMILES string of the molecule is FC(F)(F)C1=NN(c2ccc(Br)cc2)CO1. The molecule has 0 radical (unpaired) electrons. The molecule has 0 fully saturated rings. The third-order valence-corrected chi connectivity index (χ3v) is 2.43. The van der Waals surface area contributed by atoms with Gasteiger partial charge in [-0.05, 0) is 24.3 Å². The molecule has 16 heavy (non-hydrogen) atoms. The standard InChI is InChI=1S/C9H6BrF3N2O/c10-6-1-3-7(4-2-6)15-5-16-8(14-15)9(11,12)13/h1-4H,5H2. The van der Waals surface area contributed by atoms with Crippen LogP contribution in [-0.2, 0) is 4.74 Å². The Morgan fingerprint density at radius 1 is 1.25 bits per heavy atom. The summed E-state index contributed by atoms with van der Waals surface area (Å²) in [5.41, 5.74) is 0.544. The molecule has 0 bridgehead atoms. The van der Waals surface area contributed by atoms with Crippen molar-refractivity contribution in [3.63, 3.8) is 0 Å². The fraction of sp³-hybridized carbons (Fsp3) is 0.222. The molecule has 1 aliphatic rings. The van der Waals surface area contributed by atoms with Crippen molar-refractivity contribution in [3.05, 3.63) is 28.7 Å². The van der Waals surface area contributed by atoms with Gasteiger partial charge in [0.25, 0.3) is 0 Å². The summed E-state index contributed by atoms with van der Waals surface area (Å²) in [6.07, 6.45) is -4.54. The van der Waals surface area contributed by atoms with Crippen molar-refractivity contribution in [2.45, 2.75) is 6.18 Å². The largest absolute Gasteiger partial charge is 0.470 e. The number of ether oxygens (including phenoxy) is 1. The summed E-state index contributed by atoms with van der Waals surface area (Å²) in [6, 6.07) is 6.74. The molecule has 1 aliphatic heterocycles. The van der Waals surface area contributed by atoms with Crippen molar-refractivity contribution in [3.8, 4) is 0 Å². The highest BCUT2D eigenvalue weighted by Crippen LogP contribution is 2.26. The molecule has 2 rings (SSSR count). The first-order valence-corrected chi connectivity index (χ1v) is 5.08. The molecule has 3 nitrogen and oxygen atoms in total. The van der Waals surface area contributed by atoms with E-state index in [9.17, 15) is 13.2 Å². The van der Waals surface area contributed by atoms with Gasteiger partial charge in [-0.25, -0.2) is 5.01 Å². The zero-order chi connectivity index (χ0) is 11.8. The lowest BCUT2D eigenvalue weighted by Gasteiger charge is -2.10. The fourth-order valence-corrected chi connectivity index (χ4v) is 1.44. The molecule has 0 N–H and O–H groups in total. The molecule has 0 saturated carbocycles. The monoisotopic (exact) mass is 294 g/mol. The van der Waals surface area contributed by atoms with Gasteiger partial charge in [-0.15, -0.1) is 5.10 Å². The summed E-state index contributed by atoms with van der Waals surface area (Å²) in [5.74, 6) is -1.21. The number of nitrogens with zero attached hydrogens (tertiary/aromatic N) is 2. The second-order valence-corrected chi connectivity index (χ2v) is 3.97. The molecule has 7 heteroatoms. The molecule has 0 amide bonds. The number of hydrogen-bond acceptors (Lipinski definition) is 3. The Morgan fingerprint density at radius 3 is 2.38 bits per heavy atom. The van der Waals surface area contributed by atoms with E-state index in [0.29, 0.717) is 5.69 Å². The lowest BCUT2D eigenvalue weighted by Crippen LogP contribution is -2.22. The minimum atomic E-state index is -4.54. The summed E-state index contributed by atoms with van der Waals surface area (Å²) in [5, 5.41) is 4.49. The molecule has 86 valence electrons. The van der Waals surface area contributed by atoms with Crippen molar-refractivity contribution >= 4 is 27.5 Å². The van der Waals surface area contributed by atoms with Gasteiger partial charge in [-0.1, -0.05) is 15.9 Å². The number of rotatable bonds is 1. The van der Waals surface area contributed by atoms with Gasteiger partial charge in [0.1, 0.15) is 0 Å². The van der Waals surface area contributed by atoms with Crippen LogP contribution in [0.1, 0.15) is 0 Å². The predicted molar refractivity (Wildman–Crippen MR) is 56.1 cm³/mol. The zero-order valence-electron chi connectivity index (χ0n) is 7.83. The Kier molecular flexibility index (Phi) is 2.79. The Morgan fingerprint density at radius 2 is 1.88 bits per heavy atom. The van der Waals surface area contributed by atoms with Gasteiger partial charge in [0, 0.05) is 4.47 Å². The highest BCUT2D eigenvalue weighted by molar-refractivity contribution is 9.10. The lowest BCUT2D eigenvalue weighted by molar-refractivity contribution is -0.0752. The van der Waals surface area contributed by atoms with Gasteiger partial charge in [0.15, 0.2) is 6.73 Å². The first-order valence-electron chi connectivity index (χ1n) is 4.28. The van der Waals surface area contributed by atoms with Crippen molar-refractivity contribution in [2.24, 2.45) is 5.10 Å². The Labute approximate surface area is 97.6 Å². The molecule has 1 aromatic rings. The van der Waals surface area contributed by atoms with Crippen LogP contribution in [-0.4, -0.2) is 18.8 Å². The lowest BCUT2D eigenvalue weighted by atomic mass is 10.3. The van der Waals surface area contributed by atoms with Crippen molar-refractivity contribution in [2.75, 3.05) is 11.7 Å². The molecule has 0 aliphatic carbocycles. The Hall–Kier alpha value is -1.24. The van der Waals surface area contributed by atoms with E-state index in [1.165, 1.54) is 0 Å². The summed E-state index contributed by atoms with van der Waals surface area (Å²) in [7, 11) is 0. The van der Waals surface area contributed by atoms with Crippen LogP contribution in [0.4, 0.5) is 18.9 Å². The summed E-state index contributed by atoms with van der Waals surface area (Å²) in [4.78, 5) is 0. The van der Waals surface area contributed by atoms with E-state index in [2.05, 4.69) is 25.8 Å². The van der Waals surface area contributed by atoms with Gasteiger partial charge < -0.3 is 4.74 Å². The number of anilines is 1. The van der Waals surface area contributed by atoms with Crippen LogP contribution in [0.25, 0.3) is 0 Å². The molecular weight excluding hydrogens is 289 g/mol. The highest BCUT2D eigenvalue weighted by Gasteiger charge is 2.42. The van der Waals surface area contributed by atoms with Gasteiger partial charge in [-0.3, -0.25) is 0 Å². The van der Waals surface area contributed by atoms with Gasteiger partial charge in [-0.2, -0.15) is 13.2 Å². The number of halogens is 4. The minimum absolute atomic E-state index is 0.226. The average Bonchev–Trinajstić information content (AvgIpc) is 2.67. The smallest absolute Gasteiger partial charge is 0.450 e. The first-order chi connectivity index (χ1) is 7.47. The first kappa shape index (κ1) is 11.3. The van der Waals surface area contributed by atoms with E-state index in [4.69, 9.17) is 0 Å². The number of hydrogen-bond donors (Lipinski definition) is 0. The van der Waals surface area contributed by atoms with E-state index in [1.807, 2.05) is 0 Å². The average molecular weight is 295 g/mol. The van der Waals surface area contributed by atoms with Gasteiger partial charge in [0.2, 0.25) is 0 Å². The third-order valence-electron chi connectivity index (χ3n) is 1.90. The molecule has 0 spiro atoms. The van der Waals surface area contributed by atoms with Crippen LogP contribution >= 0.6 is 15.9 Å². The second kappa shape index (κ2) is 3.97. The Bertz CT molecular complexity index is 416. The minimum Gasteiger partial charge on any atom is -0.450 e.